The molecule has 0 aromatic heterocycles. The molecule has 152 valence electrons. The number of esters is 1. The van der Waals surface area contributed by atoms with E-state index in [0.29, 0.717) is 11.3 Å². The zero-order valence-electron chi connectivity index (χ0n) is 17.0. The minimum Gasteiger partial charge on any atom is -0.497 e. The van der Waals surface area contributed by atoms with Gasteiger partial charge in [-0.1, -0.05) is 6.08 Å². The van der Waals surface area contributed by atoms with Crippen LogP contribution in [0.5, 0.6) is 5.75 Å². The van der Waals surface area contributed by atoms with Crippen LogP contribution in [0.2, 0.25) is 0 Å². The Morgan fingerprint density at radius 3 is 2.69 bits per heavy atom. The summed E-state index contributed by atoms with van der Waals surface area (Å²) in [5, 5.41) is 0. The number of fused-ring (bicyclic) bond motifs is 1. The van der Waals surface area contributed by atoms with Gasteiger partial charge in [-0.3, -0.25) is 14.4 Å². The minimum absolute atomic E-state index is 0.111. The van der Waals surface area contributed by atoms with E-state index in [1.807, 2.05) is 13.0 Å². The second-order valence-corrected chi connectivity index (χ2v) is 8.84. The van der Waals surface area contributed by atoms with E-state index >= 15 is 0 Å². The summed E-state index contributed by atoms with van der Waals surface area (Å²) in [6.45, 7) is 5.68. The lowest BCUT2D eigenvalue weighted by molar-refractivity contribution is -0.235. The van der Waals surface area contributed by atoms with E-state index in [4.69, 9.17) is 14.2 Å². The number of benzene rings is 1. The first-order chi connectivity index (χ1) is 13.7. The highest BCUT2D eigenvalue weighted by molar-refractivity contribution is 6.28. The number of hydrogen-bond acceptors (Lipinski definition) is 6. The summed E-state index contributed by atoms with van der Waals surface area (Å²) in [6, 6.07) is 4.84. The number of hydrogen-bond donors (Lipinski definition) is 0. The molecular formula is C23H24O6. The second kappa shape index (κ2) is 5.57. The zero-order chi connectivity index (χ0) is 20.8. The minimum atomic E-state index is -1.65. The summed E-state index contributed by atoms with van der Waals surface area (Å²) in [5.41, 5.74) is -2.63. The summed E-state index contributed by atoms with van der Waals surface area (Å²) < 4.78 is 17.2. The maximum absolute atomic E-state index is 14.0. The Hall–Kier alpha value is -2.47. The fraction of sp³-hybridized carbons (Fsp3) is 0.522. The number of Topliss-reactive ketones (excluding diaryl/α,β-unsaturated/α-hetero) is 2. The van der Waals surface area contributed by atoms with Gasteiger partial charge in [-0.05, 0) is 57.7 Å². The van der Waals surface area contributed by atoms with Crippen molar-refractivity contribution >= 4 is 17.5 Å². The first-order valence-corrected chi connectivity index (χ1v) is 10.1. The molecule has 1 aromatic rings. The maximum atomic E-state index is 14.0. The van der Waals surface area contributed by atoms with Gasteiger partial charge in [-0.2, -0.15) is 0 Å². The summed E-state index contributed by atoms with van der Waals surface area (Å²) >= 11 is 0. The number of methoxy groups -OCH3 is 1. The summed E-state index contributed by atoms with van der Waals surface area (Å²) in [5.74, 6) is -0.807. The van der Waals surface area contributed by atoms with Crippen molar-refractivity contribution in [1.82, 2.24) is 0 Å². The van der Waals surface area contributed by atoms with Crippen molar-refractivity contribution in [3.05, 3.63) is 41.0 Å². The molecule has 5 atom stereocenters. The fourth-order valence-electron chi connectivity index (χ4n) is 6.21. The summed E-state index contributed by atoms with van der Waals surface area (Å²) in [4.78, 5) is 40.8. The van der Waals surface area contributed by atoms with Gasteiger partial charge in [0.1, 0.15) is 11.2 Å². The Kier molecular flexibility index (Phi) is 3.56. The monoisotopic (exact) mass is 396 g/mol. The highest BCUT2D eigenvalue weighted by Gasteiger charge is 2.79. The quantitative estimate of drug-likeness (QED) is 0.731. The molecule has 0 amide bonds. The molecule has 1 saturated heterocycles. The predicted octanol–water partition coefficient (Wildman–Crippen LogP) is 3.14. The van der Waals surface area contributed by atoms with Crippen molar-refractivity contribution in [2.24, 2.45) is 17.3 Å². The molecule has 0 radical (unpaired) electrons. The number of carbonyl (C=O) groups is 3. The first kappa shape index (κ1) is 18.6. The molecule has 2 aliphatic heterocycles. The topological polar surface area (TPSA) is 78.9 Å². The fourth-order valence-corrected chi connectivity index (χ4v) is 6.21. The highest BCUT2D eigenvalue weighted by atomic mass is 16.6. The largest absolute Gasteiger partial charge is 0.497 e. The molecule has 1 spiro atoms. The van der Waals surface area contributed by atoms with Gasteiger partial charge >= 0.3 is 5.97 Å². The molecule has 1 aromatic carbocycles. The summed E-state index contributed by atoms with van der Waals surface area (Å²) in [6.07, 6.45) is 3.39. The normalized spacial score (nSPS) is 39.0. The third-order valence-corrected chi connectivity index (χ3v) is 7.65. The third-order valence-electron chi connectivity index (χ3n) is 7.65. The van der Waals surface area contributed by atoms with E-state index in [1.165, 1.54) is 7.11 Å². The average Bonchev–Trinajstić information content (AvgIpc) is 3.01. The van der Waals surface area contributed by atoms with Crippen molar-refractivity contribution in [2.75, 3.05) is 13.7 Å². The van der Waals surface area contributed by atoms with Crippen LogP contribution in [0.25, 0.3) is 0 Å². The van der Waals surface area contributed by atoms with Gasteiger partial charge in [-0.15, -0.1) is 0 Å². The van der Waals surface area contributed by atoms with Crippen LogP contribution in [0.3, 0.4) is 0 Å². The average molecular weight is 396 g/mol. The van der Waals surface area contributed by atoms with Gasteiger partial charge in [0.15, 0.2) is 11.4 Å². The van der Waals surface area contributed by atoms with Crippen molar-refractivity contribution in [1.29, 1.82) is 0 Å². The highest BCUT2D eigenvalue weighted by Crippen LogP contribution is 2.69. The van der Waals surface area contributed by atoms with Crippen molar-refractivity contribution in [2.45, 2.75) is 44.8 Å². The molecule has 0 unspecified atom stereocenters. The van der Waals surface area contributed by atoms with Gasteiger partial charge in [0, 0.05) is 22.6 Å². The van der Waals surface area contributed by atoms with Crippen LogP contribution in [0.15, 0.2) is 29.8 Å². The van der Waals surface area contributed by atoms with Crippen LogP contribution < -0.4 is 4.74 Å². The Morgan fingerprint density at radius 2 is 2.00 bits per heavy atom. The SMILES string of the molecule is CCOC(=O)[C@@]1(C)[C@H]2CC[C@@]3(C)O[C@@]14C(=O)c1ccc(OC)cc1C(=O)C4=C[C@@H]23. The van der Waals surface area contributed by atoms with Gasteiger partial charge < -0.3 is 14.2 Å². The lowest BCUT2D eigenvalue weighted by atomic mass is 9.48. The Morgan fingerprint density at radius 1 is 1.24 bits per heavy atom. The smallest absolute Gasteiger partial charge is 0.315 e. The van der Waals surface area contributed by atoms with E-state index in [0.717, 1.165) is 12.8 Å². The van der Waals surface area contributed by atoms with Crippen LogP contribution in [-0.4, -0.2) is 42.5 Å². The molecular weight excluding hydrogens is 372 g/mol. The van der Waals surface area contributed by atoms with Crippen molar-refractivity contribution < 1.29 is 28.6 Å². The van der Waals surface area contributed by atoms with E-state index < -0.39 is 22.6 Å². The van der Waals surface area contributed by atoms with E-state index in [-0.39, 0.29) is 41.1 Å². The van der Waals surface area contributed by atoms with Crippen molar-refractivity contribution in [3.8, 4) is 5.75 Å². The van der Waals surface area contributed by atoms with Gasteiger partial charge in [0.2, 0.25) is 5.78 Å². The van der Waals surface area contributed by atoms with Gasteiger partial charge in [0.05, 0.1) is 19.3 Å². The van der Waals surface area contributed by atoms with Crippen LogP contribution >= 0.6 is 0 Å². The maximum Gasteiger partial charge on any atom is 0.315 e. The Labute approximate surface area is 169 Å². The molecule has 4 bridgehead atoms. The molecule has 5 aliphatic rings. The van der Waals surface area contributed by atoms with Crippen LogP contribution in [0, 0.1) is 17.3 Å². The van der Waals surface area contributed by atoms with Gasteiger partial charge in [0.25, 0.3) is 0 Å². The lowest BCUT2D eigenvalue weighted by Gasteiger charge is -2.62. The van der Waals surface area contributed by atoms with Crippen LogP contribution in [0.1, 0.15) is 54.3 Å². The zero-order valence-corrected chi connectivity index (χ0v) is 17.0. The molecule has 3 aliphatic carbocycles. The van der Waals surface area contributed by atoms with E-state index in [2.05, 4.69) is 0 Å². The molecule has 6 rings (SSSR count). The number of carbonyl (C=O) groups excluding carboxylic acids is 3. The van der Waals surface area contributed by atoms with Crippen LogP contribution in [0.4, 0.5) is 0 Å². The molecule has 2 heterocycles. The number of ether oxygens (including phenoxy) is 3. The Bertz CT molecular complexity index is 1010. The van der Waals surface area contributed by atoms with E-state index in [1.54, 1.807) is 32.0 Å². The number of rotatable bonds is 3. The van der Waals surface area contributed by atoms with E-state index in [9.17, 15) is 14.4 Å². The molecule has 2 fully saturated rings. The van der Waals surface area contributed by atoms with Crippen molar-refractivity contribution in [3.63, 3.8) is 0 Å². The number of ketones is 2. The molecule has 0 N–H and O–H groups in total. The predicted molar refractivity (Wildman–Crippen MR) is 103 cm³/mol. The second-order valence-electron chi connectivity index (χ2n) is 8.84. The Balaban J connectivity index is 1.81. The third kappa shape index (κ3) is 1.89. The molecule has 1 saturated carbocycles. The van der Waals surface area contributed by atoms with Gasteiger partial charge in [-0.25, -0.2) is 0 Å². The lowest BCUT2D eigenvalue weighted by Crippen LogP contribution is -2.74. The standard InChI is InChI=1S/C23H24O6/c1-5-28-20(26)22(3)15-8-9-21(2)16(15)11-17-18(24)14-10-12(27-4)6-7-13(14)19(25)23(17,22)29-21/h6-7,10-11,15-16H,5,8-9H2,1-4H3/t15-,16-,21+,22+,23-/m0/s1. The molecule has 29 heavy (non-hydrogen) atoms. The summed E-state index contributed by atoms with van der Waals surface area (Å²) in [7, 11) is 1.51. The van der Waals surface area contributed by atoms with Crippen LogP contribution in [-0.2, 0) is 14.3 Å². The molecule has 6 heteroatoms. The first-order valence-electron chi connectivity index (χ1n) is 10.1. The molecule has 6 nitrogen and oxygen atoms in total.